The Morgan fingerprint density at radius 2 is 2.06 bits per heavy atom. The van der Waals surface area contributed by atoms with Gasteiger partial charge in [0, 0.05) is 12.6 Å². The van der Waals surface area contributed by atoms with E-state index in [1.807, 2.05) is 0 Å². The van der Waals surface area contributed by atoms with Crippen molar-refractivity contribution in [3.8, 4) is 0 Å². The van der Waals surface area contributed by atoms with Crippen molar-refractivity contribution in [3.63, 3.8) is 0 Å². The fourth-order valence-electron chi connectivity index (χ4n) is 1.34. The molecule has 1 N–H and O–H groups in total. The normalized spacial score (nSPS) is 12.4. The number of benzene rings is 1. The zero-order valence-electron chi connectivity index (χ0n) is 9.83. The molecular weight excluding hydrogens is 218 g/mol. The molecule has 0 bridgehead atoms. The number of nitrogens with zero attached hydrogens (tertiary/aromatic N) is 1. The number of hydrogen-bond acceptors (Lipinski definition) is 3. The van der Waals surface area contributed by atoms with Crippen LogP contribution in [-0.4, -0.2) is 35.5 Å². The molecule has 0 aromatic heterocycles. The first kappa shape index (κ1) is 13.1. The fourth-order valence-corrected chi connectivity index (χ4v) is 1.34. The van der Waals surface area contributed by atoms with Gasteiger partial charge in [-0.05, 0) is 24.6 Å². The predicted octanol–water partition coefficient (Wildman–Crippen LogP) is 1.31. The first-order valence-electron chi connectivity index (χ1n) is 5.24. The van der Waals surface area contributed by atoms with Crippen LogP contribution < -0.4 is 0 Å². The number of carbonyl (C=O) groups is 2. The monoisotopic (exact) mass is 233 g/mol. The van der Waals surface area contributed by atoms with Gasteiger partial charge in [0.15, 0.2) is 0 Å². The highest BCUT2D eigenvalue weighted by Gasteiger charge is 2.17. The molecule has 0 radical (unpaired) electrons. The fraction of sp³-hybridized carbons (Fsp3) is 0.231. The third-order valence-corrected chi connectivity index (χ3v) is 2.43. The van der Waals surface area contributed by atoms with E-state index >= 15 is 0 Å². The lowest BCUT2D eigenvalue weighted by molar-refractivity contribution is -0.104. The van der Waals surface area contributed by atoms with Crippen molar-refractivity contribution >= 4 is 18.3 Å². The molecule has 0 aliphatic heterocycles. The molecule has 1 amide bonds. The van der Waals surface area contributed by atoms with E-state index in [-0.39, 0.29) is 5.91 Å². The van der Waals surface area contributed by atoms with Gasteiger partial charge >= 0.3 is 0 Å². The minimum Gasteiger partial charge on any atom is -0.374 e. The molecule has 17 heavy (non-hydrogen) atoms. The SMILES string of the molecule is CC(O)N(C)C(=O)c1ccccc1/C=C/C=O. The first-order chi connectivity index (χ1) is 8.07. The maximum absolute atomic E-state index is 12.0. The molecule has 0 saturated carbocycles. The molecule has 0 aliphatic carbocycles. The van der Waals surface area contributed by atoms with Gasteiger partial charge in [0.05, 0.1) is 0 Å². The number of allylic oxidation sites excluding steroid dienone is 1. The highest BCUT2D eigenvalue weighted by Crippen LogP contribution is 2.13. The minimum absolute atomic E-state index is 0.286. The summed E-state index contributed by atoms with van der Waals surface area (Å²) in [5.74, 6) is -0.286. The number of hydrogen-bond donors (Lipinski definition) is 1. The summed E-state index contributed by atoms with van der Waals surface area (Å²) in [6, 6.07) is 6.92. The molecule has 90 valence electrons. The molecule has 0 heterocycles. The molecule has 0 spiro atoms. The van der Waals surface area contributed by atoms with Gasteiger partial charge in [-0.3, -0.25) is 9.59 Å². The van der Waals surface area contributed by atoms with Crippen LogP contribution in [0.5, 0.6) is 0 Å². The van der Waals surface area contributed by atoms with Crippen LogP contribution in [0.4, 0.5) is 0 Å². The lowest BCUT2D eigenvalue weighted by atomic mass is 10.1. The molecule has 1 aromatic carbocycles. The van der Waals surface area contributed by atoms with E-state index in [1.165, 1.54) is 24.9 Å². The highest BCUT2D eigenvalue weighted by atomic mass is 16.3. The van der Waals surface area contributed by atoms with Crippen LogP contribution in [0.15, 0.2) is 30.3 Å². The lowest BCUT2D eigenvalue weighted by Gasteiger charge is -2.21. The summed E-state index contributed by atoms with van der Waals surface area (Å²) in [5, 5.41) is 9.35. The van der Waals surface area contributed by atoms with E-state index in [4.69, 9.17) is 0 Å². The standard InChI is InChI=1S/C13H15NO3/c1-10(16)14(2)13(17)12-8-4-3-6-11(12)7-5-9-15/h3-10,16H,1-2H3/b7-5+. The van der Waals surface area contributed by atoms with E-state index in [1.54, 1.807) is 30.3 Å². The van der Waals surface area contributed by atoms with Crippen LogP contribution in [0.3, 0.4) is 0 Å². The number of aliphatic hydroxyl groups excluding tert-OH is 1. The smallest absolute Gasteiger partial charge is 0.256 e. The van der Waals surface area contributed by atoms with Gasteiger partial charge in [-0.2, -0.15) is 0 Å². The second kappa shape index (κ2) is 5.96. The Labute approximate surface area is 100 Å². The number of rotatable bonds is 4. The van der Waals surface area contributed by atoms with Crippen molar-refractivity contribution in [1.29, 1.82) is 0 Å². The zero-order valence-corrected chi connectivity index (χ0v) is 9.83. The summed E-state index contributed by atoms with van der Waals surface area (Å²) in [7, 11) is 1.52. The average molecular weight is 233 g/mol. The molecule has 0 fully saturated rings. The number of aliphatic hydroxyl groups is 1. The summed E-state index contributed by atoms with van der Waals surface area (Å²) >= 11 is 0. The molecule has 4 heteroatoms. The molecule has 0 saturated heterocycles. The Hall–Kier alpha value is -1.94. The van der Waals surface area contributed by atoms with E-state index in [0.29, 0.717) is 17.4 Å². The summed E-state index contributed by atoms with van der Waals surface area (Å²) in [6.45, 7) is 1.52. The molecule has 0 aliphatic rings. The molecule has 1 unspecified atom stereocenters. The Balaban J connectivity index is 3.08. The Bertz CT molecular complexity index is 438. The lowest BCUT2D eigenvalue weighted by Crippen LogP contribution is -2.35. The Morgan fingerprint density at radius 1 is 1.41 bits per heavy atom. The molecule has 4 nitrogen and oxygen atoms in total. The topological polar surface area (TPSA) is 57.6 Å². The molecule has 1 rings (SSSR count). The molecule has 1 aromatic rings. The van der Waals surface area contributed by atoms with Gasteiger partial charge in [-0.1, -0.05) is 24.3 Å². The van der Waals surface area contributed by atoms with Crippen LogP contribution in [0.2, 0.25) is 0 Å². The van der Waals surface area contributed by atoms with Crippen LogP contribution >= 0.6 is 0 Å². The average Bonchev–Trinajstić information content (AvgIpc) is 2.34. The van der Waals surface area contributed by atoms with Crippen LogP contribution in [0, 0.1) is 0 Å². The third-order valence-electron chi connectivity index (χ3n) is 2.43. The summed E-state index contributed by atoms with van der Waals surface area (Å²) in [4.78, 5) is 23.5. The largest absolute Gasteiger partial charge is 0.374 e. The van der Waals surface area contributed by atoms with Crippen molar-refractivity contribution in [1.82, 2.24) is 4.90 Å². The Morgan fingerprint density at radius 3 is 2.65 bits per heavy atom. The van der Waals surface area contributed by atoms with Crippen molar-refractivity contribution in [3.05, 3.63) is 41.5 Å². The van der Waals surface area contributed by atoms with E-state index < -0.39 is 6.23 Å². The van der Waals surface area contributed by atoms with Crippen LogP contribution in [0.1, 0.15) is 22.8 Å². The van der Waals surface area contributed by atoms with Crippen molar-refractivity contribution in [2.75, 3.05) is 7.05 Å². The summed E-state index contributed by atoms with van der Waals surface area (Å²) < 4.78 is 0. The quantitative estimate of drug-likeness (QED) is 0.484. The summed E-state index contributed by atoms with van der Waals surface area (Å²) in [6.07, 6.45) is 2.69. The molecular formula is C13H15NO3. The zero-order chi connectivity index (χ0) is 12.8. The van der Waals surface area contributed by atoms with Crippen LogP contribution in [0.25, 0.3) is 6.08 Å². The second-order valence-corrected chi connectivity index (χ2v) is 3.63. The van der Waals surface area contributed by atoms with Gasteiger partial charge in [-0.15, -0.1) is 0 Å². The van der Waals surface area contributed by atoms with Crippen molar-refractivity contribution < 1.29 is 14.7 Å². The van der Waals surface area contributed by atoms with Gasteiger partial charge < -0.3 is 10.0 Å². The third kappa shape index (κ3) is 3.26. The number of aldehydes is 1. The molecule has 1 atom stereocenters. The van der Waals surface area contributed by atoms with Crippen molar-refractivity contribution in [2.45, 2.75) is 13.2 Å². The predicted molar refractivity (Wildman–Crippen MR) is 65.3 cm³/mol. The van der Waals surface area contributed by atoms with Crippen LogP contribution in [-0.2, 0) is 4.79 Å². The van der Waals surface area contributed by atoms with E-state index in [0.717, 1.165) is 0 Å². The summed E-state index contributed by atoms with van der Waals surface area (Å²) in [5.41, 5.74) is 1.10. The minimum atomic E-state index is -0.856. The second-order valence-electron chi connectivity index (χ2n) is 3.63. The van der Waals surface area contributed by atoms with Gasteiger partial charge in [-0.25, -0.2) is 0 Å². The highest BCUT2D eigenvalue weighted by molar-refractivity contribution is 5.98. The van der Waals surface area contributed by atoms with Gasteiger partial charge in [0.1, 0.15) is 12.5 Å². The maximum Gasteiger partial charge on any atom is 0.256 e. The number of carbonyl (C=O) groups excluding carboxylic acids is 2. The van der Waals surface area contributed by atoms with Gasteiger partial charge in [0.25, 0.3) is 5.91 Å². The first-order valence-corrected chi connectivity index (χ1v) is 5.24. The Kier molecular flexibility index (Phi) is 4.60. The van der Waals surface area contributed by atoms with Crippen molar-refractivity contribution in [2.24, 2.45) is 0 Å². The van der Waals surface area contributed by atoms with Gasteiger partial charge in [0.2, 0.25) is 0 Å². The van der Waals surface area contributed by atoms with E-state index in [2.05, 4.69) is 0 Å². The maximum atomic E-state index is 12.0. The number of amides is 1. The van der Waals surface area contributed by atoms with E-state index in [9.17, 15) is 14.7 Å².